The van der Waals surface area contributed by atoms with Crippen LogP contribution in [-0.2, 0) is 0 Å². The molecule has 11 rings (SSSR count). The molecule has 0 radical (unpaired) electrons. The quantitative estimate of drug-likeness (QED) is 0.170. The monoisotopic (exact) mass is 719 g/mol. The van der Waals surface area contributed by atoms with Crippen molar-refractivity contribution >= 4 is 81.3 Å². The van der Waals surface area contributed by atoms with Crippen LogP contribution in [0.5, 0.6) is 0 Å². The highest BCUT2D eigenvalue weighted by Crippen LogP contribution is 2.48. The molecule has 2 aromatic heterocycles. The molecule has 0 aliphatic heterocycles. The van der Waals surface area contributed by atoms with Crippen molar-refractivity contribution in [1.29, 1.82) is 0 Å². The van der Waals surface area contributed by atoms with E-state index in [-0.39, 0.29) is 0 Å². The SMILES string of the molecule is c1ccc(-c2ccc3c(oc4ccccc43)c2N(c2ccc(-c3ccc4ccccc4c3)cc2)c2ccc(-c3ccc4c(c3)sc3ccccc34)cc2)cc1. The summed E-state index contributed by atoms with van der Waals surface area (Å²) in [6.07, 6.45) is 0. The zero-order chi connectivity index (χ0) is 36.3. The van der Waals surface area contributed by atoms with Crippen molar-refractivity contribution in [2.75, 3.05) is 4.90 Å². The van der Waals surface area contributed by atoms with Crippen molar-refractivity contribution in [3.8, 4) is 33.4 Å². The Morgan fingerprint density at radius 3 is 1.73 bits per heavy atom. The Hall–Kier alpha value is -6.94. The molecule has 0 saturated carbocycles. The summed E-state index contributed by atoms with van der Waals surface area (Å²) in [5.74, 6) is 0. The number of fused-ring (bicyclic) bond motifs is 7. The summed E-state index contributed by atoms with van der Waals surface area (Å²) in [5.41, 5.74) is 11.8. The van der Waals surface area contributed by atoms with Crippen LogP contribution in [0.2, 0.25) is 0 Å². The van der Waals surface area contributed by atoms with Crippen molar-refractivity contribution in [1.82, 2.24) is 0 Å². The smallest absolute Gasteiger partial charge is 0.160 e. The molecule has 0 spiro atoms. The number of rotatable bonds is 6. The first kappa shape index (κ1) is 31.6. The van der Waals surface area contributed by atoms with E-state index in [9.17, 15) is 0 Å². The summed E-state index contributed by atoms with van der Waals surface area (Å²) in [6, 6.07) is 72.2. The zero-order valence-electron chi connectivity index (χ0n) is 29.8. The summed E-state index contributed by atoms with van der Waals surface area (Å²) in [6.45, 7) is 0. The molecule has 0 amide bonds. The predicted octanol–water partition coefficient (Wildman–Crippen LogP) is 15.6. The molecule has 9 aromatic carbocycles. The summed E-state index contributed by atoms with van der Waals surface area (Å²) in [7, 11) is 0. The minimum absolute atomic E-state index is 0.862. The maximum absolute atomic E-state index is 6.82. The van der Waals surface area contributed by atoms with Gasteiger partial charge in [0.05, 0.1) is 5.69 Å². The third kappa shape index (κ3) is 5.40. The number of hydrogen-bond acceptors (Lipinski definition) is 3. The number of furan rings is 1. The number of nitrogens with zero attached hydrogens (tertiary/aromatic N) is 1. The highest BCUT2D eigenvalue weighted by molar-refractivity contribution is 7.25. The average molecular weight is 720 g/mol. The number of benzene rings is 9. The van der Waals surface area contributed by atoms with Crippen LogP contribution in [0.25, 0.3) is 86.3 Å². The zero-order valence-corrected chi connectivity index (χ0v) is 30.6. The van der Waals surface area contributed by atoms with Crippen LogP contribution in [0.1, 0.15) is 0 Å². The number of hydrogen-bond donors (Lipinski definition) is 0. The molecule has 55 heavy (non-hydrogen) atoms. The molecular weight excluding hydrogens is 687 g/mol. The van der Waals surface area contributed by atoms with Gasteiger partial charge in [-0.05, 0) is 93.2 Å². The largest absolute Gasteiger partial charge is 0.454 e. The van der Waals surface area contributed by atoms with Gasteiger partial charge in [0.2, 0.25) is 0 Å². The van der Waals surface area contributed by atoms with E-state index < -0.39 is 0 Å². The van der Waals surface area contributed by atoms with Crippen molar-refractivity contribution in [3.05, 3.63) is 200 Å². The third-order valence-corrected chi connectivity index (χ3v) is 12.0. The maximum Gasteiger partial charge on any atom is 0.160 e. The van der Waals surface area contributed by atoms with Crippen LogP contribution >= 0.6 is 11.3 Å². The van der Waals surface area contributed by atoms with Crippen LogP contribution in [-0.4, -0.2) is 0 Å². The van der Waals surface area contributed by atoms with Gasteiger partial charge < -0.3 is 9.32 Å². The van der Waals surface area contributed by atoms with E-state index in [0.29, 0.717) is 0 Å². The number of thiophene rings is 1. The molecular formula is C52H33NOS. The van der Waals surface area contributed by atoms with Crippen molar-refractivity contribution in [3.63, 3.8) is 0 Å². The van der Waals surface area contributed by atoms with Crippen molar-refractivity contribution < 1.29 is 4.42 Å². The van der Waals surface area contributed by atoms with Crippen LogP contribution < -0.4 is 4.90 Å². The average Bonchev–Trinajstić information content (AvgIpc) is 3.83. The molecule has 0 unspecified atom stereocenters. The van der Waals surface area contributed by atoms with Crippen LogP contribution in [0.3, 0.4) is 0 Å². The predicted molar refractivity (Wildman–Crippen MR) is 235 cm³/mol. The van der Waals surface area contributed by atoms with Gasteiger partial charge in [-0.1, -0.05) is 146 Å². The highest BCUT2D eigenvalue weighted by Gasteiger charge is 2.24. The summed E-state index contributed by atoms with van der Waals surface area (Å²) >= 11 is 1.86. The van der Waals surface area contributed by atoms with E-state index in [4.69, 9.17) is 4.42 Å². The fourth-order valence-corrected chi connectivity index (χ4v) is 9.28. The van der Waals surface area contributed by atoms with Crippen molar-refractivity contribution in [2.24, 2.45) is 0 Å². The Morgan fingerprint density at radius 2 is 0.945 bits per heavy atom. The first-order valence-electron chi connectivity index (χ1n) is 18.7. The van der Waals surface area contributed by atoms with Gasteiger partial charge >= 0.3 is 0 Å². The standard InChI is InChI=1S/C52H33NOS/c1-2-11-37(12-3-1)43-30-31-47-44-14-6-8-16-48(44)54-52(47)51(43)53(41-25-20-35(21-26-41)39-19-18-34-10-4-5-13-38(34)32-39)42-27-22-36(23-28-42)40-24-29-46-45-15-7-9-17-49(45)55-50(46)33-40/h1-33H. The van der Waals surface area contributed by atoms with E-state index in [0.717, 1.165) is 50.1 Å². The van der Waals surface area contributed by atoms with Crippen molar-refractivity contribution in [2.45, 2.75) is 0 Å². The maximum atomic E-state index is 6.82. The summed E-state index contributed by atoms with van der Waals surface area (Å²) < 4.78 is 9.45. The van der Waals surface area contributed by atoms with Gasteiger partial charge in [0.25, 0.3) is 0 Å². The van der Waals surface area contributed by atoms with Gasteiger partial charge in [0, 0.05) is 47.9 Å². The Bertz CT molecular complexity index is 3190. The van der Waals surface area contributed by atoms with Crippen LogP contribution in [0, 0.1) is 0 Å². The van der Waals surface area contributed by atoms with E-state index in [2.05, 4.69) is 199 Å². The molecule has 0 aliphatic carbocycles. The molecule has 0 aliphatic rings. The second kappa shape index (κ2) is 12.9. The Labute approximate surface area is 322 Å². The van der Waals surface area contributed by atoms with Gasteiger partial charge in [-0.25, -0.2) is 0 Å². The molecule has 0 fully saturated rings. The molecule has 11 aromatic rings. The number of para-hydroxylation sites is 1. The third-order valence-electron chi connectivity index (χ3n) is 10.9. The lowest BCUT2D eigenvalue weighted by molar-refractivity contribution is 0.669. The Kier molecular flexibility index (Phi) is 7.39. The van der Waals surface area contributed by atoms with Gasteiger partial charge in [0.1, 0.15) is 5.58 Å². The summed E-state index contributed by atoms with van der Waals surface area (Å²) in [4.78, 5) is 2.37. The Morgan fingerprint density at radius 1 is 0.364 bits per heavy atom. The number of anilines is 3. The van der Waals surface area contributed by atoms with Crippen LogP contribution in [0.15, 0.2) is 205 Å². The van der Waals surface area contributed by atoms with Gasteiger partial charge in [-0.15, -0.1) is 11.3 Å². The topological polar surface area (TPSA) is 16.4 Å². The molecule has 0 N–H and O–H groups in total. The van der Waals surface area contributed by atoms with Gasteiger partial charge in [-0.3, -0.25) is 0 Å². The van der Waals surface area contributed by atoms with E-state index >= 15 is 0 Å². The lowest BCUT2D eigenvalue weighted by Gasteiger charge is -2.28. The minimum Gasteiger partial charge on any atom is -0.454 e. The first-order chi connectivity index (χ1) is 27.2. The van der Waals surface area contributed by atoms with Gasteiger partial charge in [0.15, 0.2) is 5.58 Å². The highest BCUT2D eigenvalue weighted by atomic mass is 32.1. The second-order valence-corrected chi connectivity index (χ2v) is 15.2. The Balaban J connectivity index is 1.09. The lowest BCUT2D eigenvalue weighted by atomic mass is 9.98. The molecule has 2 heterocycles. The van der Waals surface area contributed by atoms with E-state index in [1.54, 1.807) is 0 Å². The lowest BCUT2D eigenvalue weighted by Crippen LogP contribution is -2.11. The normalized spacial score (nSPS) is 11.6. The fraction of sp³-hybridized carbons (Fsp3) is 0. The fourth-order valence-electron chi connectivity index (χ4n) is 8.13. The van der Waals surface area contributed by atoms with E-state index in [1.807, 2.05) is 17.4 Å². The molecule has 0 bridgehead atoms. The molecule has 0 saturated heterocycles. The minimum atomic E-state index is 0.862. The van der Waals surface area contributed by atoms with Crippen LogP contribution in [0.4, 0.5) is 17.1 Å². The molecule has 2 nitrogen and oxygen atoms in total. The molecule has 0 atom stereocenters. The summed E-state index contributed by atoms with van der Waals surface area (Å²) in [5, 5.41) is 7.32. The first-order valence-corrected chi connectivity index (χ1v) is 19.5. The molecule has 3 heteroatoms. The second-order valence-electron chi connectivity index (χ2n) is 14.1. The molecule has 258 valence electrons. The van der Waals surface area contributed by atoms with Gasteiger partial charge in [-0.2, -0.15) is 0 Å². The van der Waals surface area contributed by atoms with E-state index in [1.165, 1.54) is 53.2 Å².